The summed E-state index contributed by atoms with van der Waals surface area (Å²) in [7, 11) is 3.38. The predicted octanol–water partition coefficient (Wildman–Crippen LogP) is 1.75. The van der Waals surface area contributed by atoms with Crippen LogP contribution in [0.25, 0.3) is 0 Å². The molecule has 0 saturated heterocycles. The third-order valence-corrected chi connectivity index (χ3v) is 5.10. The van der Waals surface area contributed by atoms with E-state index in [0.29, 0.717) is 26.2 Å². The first-order valence-electron chi connectivity index (χ1n) is 11.6. The van der Waals surface area contributed by atoms with E-state index in [2.05, 4.69) is 16.0 Å². The Morgan fingerprint density at radius 1 is 1.22 bits per heavy atom. The molecule has 196 valence electrons. The van der Waals surface area contributed by atoms with Gasteiger partial charge in [0.2, 0.25) is 5.96 Å². The molecule has 2 aromatic carbocycles. The van der Waals surface area contributed by atoms with Crippen LogP contribution in [0, 0.1) is 5.41 Å². The molecule has 1 atom stereocenters. The van der Waals surface area contributed by atoms with Crippen molar-refractivity contribution in [3.8, 4) is 11.5 Å². The average molecular weight is 501 g/mol. The molecule has 1 aliphatic heterocycles. The highest BCUT2D eigenvalue weighted by Gasteiger charge is 2.18. The second kappa shape index (κ2) is 14.4. The van der Waals surface area contributed by atoms with Gasteiger partial charge in [-0.05, 0) is 36.8 Å². The number of nitrogens with two attached hydrogens (primary N) is 2. The van der Waals surface area contributed by atoms with Crippen LogP contribution in [-0.2, 0) is 16.0 Å². The summed E-state index contributed by atoms with van der Waals surface area (Å²) in [6.45, 7) is 5.02. The van der Waals surface area contributed by atoms with Crippen LogP contribution in [-0.4, -0.2) is 81.0 Å². The van der Waals surface area contributed by atoms with Crippen LogP contribution in [0.15, 0.2) is 53.5 Å². The summed E-state index contributed by atoms with van der Waals surface area (Å²) in [4.78, 5) is 18.4. The number of nitrogens with zero attached hydrogens (tertiary/aromatic N) is 3. The molecular formula is C25H36N6O5. The maximum Gasteiger partial charge on any atom is 0.333 e. The van der Waals surface area contributed by atoms with Gasteiger partial charge in [0.05, 0.1) is 18.8 Å². The van der Waals surface area contributed by atoms with Gasteiger partial charge in [0.15, 0.2) is 12.1 Å². The number of carboxylic acid groups (broad SMARTS) is 1. The van der Waals surface area contributed by atoms with Crippen LogP contribution < -0.4 is 25.8 Å². The molecule has 0 saturated carbocycles. The number of aliphatic carboxylic acids is 1. The zero-order valence-corrected chi connectivity index (χ0v) is 21.0. The first-order valence-corrected chi connectivity index (χ1v) is 11.6. The highest BCUT2D eigenvalue weighted by Crippen LogP contribution is 2.30. The Hall–Kier alpha value is -3.99. The zero-order chi connectivity index (χ0) is 26.5. The van der Waals surface area contributed by atoms with Crippen molar-refractivity contribution < 1.29 is 24.1 Å². The number of ether oxygens (including phenoxy) is 3. The minimum absolute atomic E-state index is 0.0509. The molecule has 11 heteroatoms. The highest BCUT2D eigenvalue weighted by atomic mass is 16.5. The number of fused-ring (bicyclic) bond motifs is 1. The maximum absolute atomic E-state index is 11.2. The van der Waals surface area contributed by atoms with E-state index in [1.807, 2.05) is 42.5 Å². The summed E-state index contributed by atoms with van der Waals surface area (Å²) < 4.78 is 16.8. The summed E-state index contributed by atoms with van der Waals surface area (Å²) in [5, 5.41) is 16.2. The fourth-order valence-corrected chi connectivity index (χ4v) is 3.31. The van der Waals surface area contributed by atoms with Crippen LogP contribution in [0.3, 0.4) is 0 Å². The van der Waals surface area contributed by atoms with Gasteiger partial charge in [0.25, 0.3) is 0 Å². The van der Waals surface area contributed by atoms with Crippen LogP contribution in [0.5, 0.6) is 11.5 Å². The van der Waals surface area contributed by atoms with E-state index < -0.39 is 12.1 Å². The quantitative estimate of drug-likeness (QED) is 0.297. The predicted molar refractivity (Wildman–Crippen MR) is 140 cm³/mol. The second-order valence-corrected chi connectivity index (χ2v) is 8.04. The van der Waals surface area contributed by atoms with E-state index >= 15 is 0 Å². The molecule has 0 bridgehead atoms. The van der Waals surface area contributed by atoms with Gasteiger partial charge >= 0.3 is 5.97 Å². The standard InChI is InChI=1S/C21H25NO5.C4H11N5/c1-2-25-20(21(23)24)15-16-7-9-17(10-8-16)26-13-11-22-12-14-27-19-6-4-3-5-18(19)22;1-9(2)4(7)8-3(5)6/h3-10,20H,2,11-15H2,1H3,(H,23,24);1-2H3,(H5,5,6,7,8)/t20-;/m0./s1. The Bertz CT molecular complexity index is 1010. The van der Waals surface area contributed by atoms with Gasteiger partial charge in [-0.25, -0.2) is 4.79 Å². The lowest BCUT2D eigenvalue weighted by atomic mass is 10.1. The van der Waals surface area contributed by atoms with Crippen molar-refractivity contribution in [3.05, 3.63) is 54.1 Å². The smallest absolute Gasteiger partial charge is 0.333 e. The number of guanidine groups is 2. The Kier molecular flexibility index (Phi) is 11.3. The molecule has 1 heterocycles. The van der Waals surface area contributed by atoms with Crippen LogP contribution in [0.4, 0.5) is 5.69 Å². The molecule has 0 aromatic heterocycles. The SMILES string of the molecule is CCO[C@@H](Cc1ccc(OCCN2CCOc3ccccc32)cc1)C(=O)O.CN(C)C(=N)N=C(N)N. The van der Waals surface area contributed by atoms with Crippen molar-refractivity contribution in [2.45, 2.75) is 19.4 Å². The lowest BCUT2D eigenvalue weighted by molar-refractivity contribution is -0.149. The van der Waals surface area contributed by atoms with Gasteiger partial charge in [-0.3, -0.25) is 5.41 Å². The third kappa shape index (κ3) is 9.34. The number of benzene rings is 2. The second-order valence-electron chi connectivity index (χ2n) is 8.04. The molecule has 0 radical (unpaired) electrons. The monoisotopic (exact) mass is 500 g/mol. The summed E-state index contributed by atoms with van der Waals surface area (Å²) in [6.07, 6.45) is -0.475. The van der Waals surface area contributed by atoms with E-state index in [9.17, 15) is 4.79 Å². The molecule has 0 unspecified atom stereocenters. The van der Waals surface area contributed by atoms with Crippen molar-refractivity contribution in [1.29, 1.82) is 5.41 Å². The number of hydrogen-bond acceptors (Lipinski definition) is 6. The van der Waals surface area contributed by atoms with E-state index in [1.165, 1.54) is 4.90 Å². The van der Waals surface area contributed by atoms with Gasteiger partial charge < -0.3 is 40.6 Å². The summed E-state index contributed by atoms with van der Waals surface area (Å²) in [6, 6.07) is 15.5. The normalized spacial score (nSPS) is 12.7. The Morgan fingerprint density at radius 2 is 1.92 bits per heavy atom. The summed E-state index contributed by atoms with van der Waals surface area (Å²) >= 11 is 0. The molecule has 3 rings (SSSR count). The number of carbonyl (C=O) groups is 1. The molecule has 2 aromatic rings. The van der Waals surface area contributed by atoms with Crippen LogP contribution >= 0.6 is 0 Å². The van der Waals surface area contributed by atoms with E-state index in [0.717, 1.165) is 35.8 Å². The average Bonchev–Trinajstić information content (AvgIpc) is 2.85. The maximum atomic E-state index is 11.2. The van der Waals surface area contributed by atoms with Crippen molar-refractivity contribution in [3.63, 3.8) is 0 Å². The van der Waals surface area contributed by atoms with Gasteiger partial charge in [-0.1, -0.05) is 24.3 Å². The number of anilines is 1. The number of nitrogens with one attached hydrogen (secondary N) is 1. The van der Waals surface area contributed by atoms with Crippen LogP contribution in [0.1, 0.15) is 12.5 Å². The van der Waals surface area contributed by atoms with Gasteiger partial charge in [-0.2, -0.15) is 4.99 Å². The number of rotatable bonds is 9. The minimum atomic E-state index is -0.942. The summed E-state index contributed by atoms with van der Waals surface area (Å²) in [5.74, 6) is 0.700. The van der Waals surface area contributed by atoms with Gasteiger partial charge in [0, 0.05) is 27.1 Å². The van der Waals surface area contributed by atoms with Crippen molar-refractivity contribution >= 4 is 23.6 Å². The molecule has 11 nitrogen and oxygen atoms in total. The largest absolute Gasteiger partial charge is 0.492 e. The molecular weight excluding hydrogens is 464 g/mol. The lowest BCUT2D eigenvalue weighted by Gasteiger charge is -2.31. The third-order valence-electron chi connectivity index (χ3n) is 5.10. The highest BCUT2D eigenvalue weighted by molar-refractivity contribution is 5.91. The molecule has 0 amide bonds. The Balaban J connectivity index is 0.000000434. The van der Waals surface area contributed by atoms with Gasteiger partial charge in [0.1, 0.15) is 24.7 Å². The minimum Gasteiger partial charge on any atom is -0.492 e. The Morgan fingerprint density at radius 3 is 2.50 bits per heavy atom. The van der Waals surface area contributed by atoms with Crippen LogP contribution in [0.2, 0.25) is 0 Å². The molecule has 0 aliphatic carbocycles. The summed E-state index contributed by atoms with van der Waals surface area (Å²) in [5.41, 5.74) is 12.0. The molecule has 0 fully saturated rings. The number of carboxylic acids is 1. The molecule has 36 heavy (non-hydrogen) atoms. The van der Waals surface area contributed by atoms with E-state index in [4.69, 9.17) is 36.2 Å². The first-order chi connectivity index (χ1) is 17.2. The van der Waals surface area contributed by atoms with Crippen molar-refractivity contribution in [2.75, 3.05) is 51.9 Å². The van der Waals surface area contributed by atoms with E-state index in [-0.39, 0.29) is 11.9 Å². The fourth-order valence-electron chi connectivity index (χ4n) is 3.31. The number of aliphatic imine (C=N–C) groups is 1. The van der Waals surface area contributed by atoms with E-state index in [1.54, 1.807) is 21.0 Å². The first kappa shape index (κ1) is 28.2. The number of hydrogen-bond donors (Lipinski definition) is 4. The zero-order valence-electron chi connectivity index (χ0n) is 21.0. The lowest BCUT2D eigenvalue weighted by Crippen LogP contribution is -2.35. The topological polar surface area (TPSA) is 160 Å². The molecule has 0 spiro atoms. The van der Waals surface area contributed by atoms with Crippen molar-refractivity contribution in [2.24, 2.45) is 16.5 Å². The number of para-hydroxylation sites is 2. The fraction of sp³-hybridized carbons (Fsp3) is 0.400. The molecule has 6 N–H and O–H groups in total. The Labute approximate surface area is 211 Å². The molecule has 1 aliphatic rings. The van der Waals surface area contributed by atoms with Crippen molar-refractivity contribution in [1.82, 2.24) is 4.90 Å². The van der Waals surface area contributed by atoms with Gasteiger partial charge in [-0.15, -0.1) is 0 Å².